The van der Waals surface area contributed by atoms with E-state index in [4.69, 9.17) is 4.98 Å². The van der Waals surface area contributed by atoms with Crippen LogP contribution >= 0.6 is 15.9 Å². The maximum Gasteiger partial charge on any atom is 0.336 e. The number of halogens is 1. The van der Waals surface area contributed by atoms with Gasteiger partial charge in [0.05, 0.1) is 11.1 Å². The van der Waals surface area contributed by atoms with E-state index in [9.17, 15) is 9.90 Å². The van der Waals surface area contributed by atoms with Crippen LogP contribution in [0.2, 0.25) is 0 Å². The van der Waals surface area contributed by atoms with Gasteiger partial charge in [-0.05, 0) is 54.9 Å². The molecule has 1 heterocycles. The van der Waals surface area contributed by atoms with Gasteiger partial charge in [-0.25, -0.2) is 4.79 Å². The lowest BCUT2D eigenvalue weighted by Gasteiger charge is -2.28. The molecule has 1 aliphatic rings. The van der Waals surface area contributed by atoms with Gasteiger partial charge < -0.3 is 5.11 Å². The summed E-state index contributed by atoms with van der Waals surface area (Å²) in [6.45, 7) is 6.30. The molecule has 0 spiro atoms. The molecule has 21 heavy (non-hydrogen) atoms. The Balaban J connectivity index is 2.45. The highest BCUT2D eigenvalue weighted by Gasteiger charge is 2.29. The van der Waals surface area contributed by atoms with Crippen LogP contribution in [-0.4, -0.2) is 16.1 Å². The molecule has 0 aliphatic heterocycles. The maximum atomic E-state index is 11.9. The number of aryl methyl sites for hydroxylation is 1. The largest absolute Gasteiger partial charge is 0.478 e. The van der Waals surface area contributed by atoms with Crippen molar-refractivity contribution in [1.82, 2.24) is 4.98 Å². The van der Waals surface area contributed by atoms with Crippen LogP contribution in [0.4, 0.5) is 0 Å². The van der Waals surface area contributed by atoms with Crippen LogP contribution in [0.1, 0.15) is 53.4 Å². The summed E-state index contributed by atoms with van der Waals surface area (Å²) >= 11 is 3.47. The van der Waals surface area contributed by atoms with Crippen molar-refractivity contribution in [3.8, 4) is 0 Å². The molecule has 2 aromatic rings. The SMILES string of the molecule is Cc1cc(Br)cc2c(C(=O)O)c3c(nc12)CC(C)CC3C. The summed E-state index contributed by atoms with van der Waals surface area (Å²) in [7, 11) is 0. The highest BCUT2D eigenvalue weighted by atomic mass is 79.9. The lowest BCUT2D eigenvalue weighted by molar-refractivity contribution is 0.0696. The molecular formula is C17H18BrNO2. The molecule has 3 nitrogen and oxygen atoms in total. The Kier molecular flexibility index (Phi) is 3.52. The first-order valence-corrected chi connectivity index (χ1v) is 8.03. The summed E-state index contributed by atoms with van der Waals surface area (Å²) in [5, 5.41) is 10.5. The van der Waals surface area contributed by atoms with Gasteiger partial charge in [-0.3, -0.25) is 4.98 Å². The van der Waals surface area contributed by atoms with E-state index < -0.39 is 5.97 Å². The number of pyridine rings is 1. The summed E-state index contributed by atoms with van der Waals surface area (Å²) in [5.41, 5.74) is 4.17. The Hall–Kier alpha value is -1.42. The minimum Gasteiger partial charge on any atom is -0.478 e. The van der Waals surface area contributed by atoms with Gasteiger partial charge in [-0.2, -0.15) is 0 Å². The zero-order valence-electron chi connectivity index (χ0n) is 12.4. The van der Waals surface area contributed by atoms with E-state index >= 15 is 0 Å². The smallest absolute Gasteiger partial charge is 0.336 e. The van der Waals surface area contributed by atoms with E-state index in [0.29, 0.717) is 11.5 Å². The van der Waals surface area contributed by atoms with Crippen molar-refractivity contribution in [2.24, 2.45) is 5.92 Å². The lowest BCUT2D eigenvalue weighted by Crippen LogP contribution is -2.20. The number of nitrogens with zero attached hydrogens (tertiary/aromatic N) is 1. The van der Waals surface area contributed by atoms with Crippen molar-refractivity contribution in [2.45, 2.75) is 39.5 Å². The van der Waals surface area contributed by atoms with Crippen molar-refractivity contribution >= 4 is 32.8 Å². The minimum absolute atomic E-state index is 0.242. The summed E-state index contributed by atoms with van der Waals surface area (Å²) < 4.78 is 0.897. The molecule has 2 unspecified atom stereocenters. The molecule has 1 N–H and O–H groups in total. The van der Waals surface area contributed by atoms with Gasteiger partial charge in [0.2, 0.25) is 0 Å². The zero-order chi connectivity index (χ0) is 15.3. The number of fused-ring (bicyclic) bond motifs is 2. The van der Waals surface area contributed by atoms with Crippen LogP contribution in [0.25, 0.3) is 10.9 Å². The van der Waals surface area contributed by atoms with E-state index in [1.54, 1.807) is 0 Å². The van der Waals surface area contributed by atoms with E-state index in [1.807, 2.05) is 19.1 Å². The van der Waals surface area contributed by atoms with Crippen molar-refractivity contribution in [3.63, 3.8) is 0 Å². The molecule has 0 fully saturated rings. The van der Waals surface area contributed by atoms with E-state index in [2.05, 4.69) is 29.8 Å². The molecule has 0 radical (unpaired) electrons. The molecule has 110 valence electrons. The van der Waals surface area contributed by atoms with Crippen LogP contribution in [0.5, 0.6) is 0 Å². The van der Waals surface area contributed by atoms with Crippen LogP contribution in [0, 0.1) is 12.8 Å². The molecule has 0 bridgehead atoms. The molecule has 2 atom stereocenters. The van der Waals surface area contributed by atoms with Crippen LogP contribution < -0.4 is 0 Å². The Bertz CT molecular complexity index is 754. The molecule has 0 amide bonds. The second-order valence-electron chi connectivity index (χ2n) is 6.22. The summed E-state index contributed by atoms with van der Waals surface area (Å²) in [6.07, 6.45) is 1.89. The molecule has 1 aliphatic carbocycles. The Labute approximate surface area is 132 Å². The molecule has 3 rings (SSSR count). The van der Waals surface area contributed by atoms with Gasteiger partial charge in [0, 0.05) is 15.6 Å². The Morgan fingerprint density at radius 1 is 1.38 bits per heavy atom. The topological polar surface area (TPSA) is 50.2 Å². The highest BCUT2D eigenvalue weighted by Crippen LogP contribution is 2.39. The number of rotatable bonds is 1. The van der Waals surface area contributed by atoms with Crippen molar-refractivity contribution in [1.29, 1.82) is 0 Å². The van der Waals surface area contributed by atoms with Crippen LogP contribution in [0.3, 0.4) is 0 Å². The number of aromatic nitrogens is 1. The quantitative estimate of drug-likeness (QED) is 0.813. The fraction of sp³-hybridized carbons (Fsp3) is 0.412. The number of aromatic carboxylic acids is 1. The number of carboxylic acids is 1. The predicted molar refractivity (Wildman–Crippen MR) is 87.0 cm³/mol. The van der Waals surface area contributed by atoms with Crippen molar-refractivity contribution in [2.75, 3.05) is 0 Å². The molecule has 1 aromatic heterocycles. The number of hydrogen-bond donors (Lipinski definition) is 1. The van der Waals surface area contributed by atoms with Gasteiger partial charge in [0.15, 0.2) is 0 Å². The second-order valence-corrected chi connectivity index (χ2v) is 7.13. The number of carboxylic acid groups (broad SMARTS) is 1. The number of hydrogen-bond acceptors (Lipinski definition) is 2. The average Bonchev–Trinajstić information content (AvgIpc) is 2.36. The summed E-state index contributed by atoms with van der Waals surface area (Å²) in [5.74, 6) is -0.0570. The number of benzene rings is 1. The van der Waals surface area contributed by atoms with Crippen molar-refractivity contribution < 1.29 is 9.90 Å². The van der Waals surface area contributed by atoms with Gasteiger partial charge >= 0.3 is 5.97 Å². The third-order valence-corrected chi connectivity index (χ3v) is 4.82. The monoisotopic (exact) mass is 347 g/mol. The van der Waals surface area contributed by atoms with Gasteiger partial charge in [0.1, 0.15) is 0 Å². The molecule has 0 saturated heterocycles. The fourth-order valence-electron chi connectivity index (χ4n) is 3.61. The Morgan fingerprint density at radius 3 is 2.76 bits per heavy atom. The third kappa shape index (κ3) is 2.35. The third-order valence-electron chi connectivity index (χ3n) is 4.37. The standard InChI is InChI=1S/C17H18BrNO2/c1-8-4-9(2)14-13(5-8)19-16-10(3)6-11(18)7-12(16)15(14)17(20)21/h6-9H,4-5H2,1-3H3,(H,20,21). The van der Waals surface area contributed by atoms with Gasteiger partial charge in [0.25, 0.3) is 0 Å². The zero-order valence-corrected chi connectivity index (χ0v) is 14.0. The first-order valence-electron chi connectivity index (χ1n) is 7.24. The van der Waals surface area contributed by atoms with Crippen LogP contribution in [-0.2, 0) is 6.42 Å². The number of carbonyl (C=O) groups is 1. The van der Waals surface area contributed by atoms with Crippen LogP contribution in [0.15, 0.2) is 16.6 Å². The van der Waals surface area contributed by atoms with Gasteiger partial charge in [-0.1, -0.05) is 29.8 Å². The average molecular weight is 348 g/mol. The first-order chi connectivity index (χ1) is 9.88. The van der Waals surface area contributed by atoms with E-state index in [0.717, 1.165) is 45.0 Å². The summed E-state index contributed by atoms with van der Waals surface area (Å²) in [6, 6.07) is 3.87. The summed E-state index contributed by atoms with van der Waals surface area (Å²) in [4.78, 5) is 16.7. The van der Waals surface area contributed by atoms with Crippen molar-refractivity contribution in [3.05, 3.63) is 39.0 Å². The highest BCUT2D eigenvalue weighted by molar-refractivity contribution is 9.10. The normalized spacial score (nSPS) is 21.3. The minimum atomic E-state index is -0.849. The maximum absolute atomic E-state index is 11.9. The predicted octanol–water partition coefficient (Wildman–Crippen LogP) is 4.69. The van der Waals surface area contributed by atoms with E-state index in [-0.39, 0.29) is 5.92 Å². The van der Waals surface area contributed by atoms with Gasteiger partial charge in [-0.15, -0.1) is 0 Å². The Morgan fingerprint density at radius 2 is 2.10 bits per heavy atom. The fourth-order valence-corrected chi connectivity index (χ4v) is 4.18. The molecule has 1 aromatic carbocycles. The molecular weight excluding hydrogens is 330 g/mol. The molecule has 0 saturated carbocycles. The van der Waals surface area contributed by atoms with E-state index in [1.165, 1.54) is 0 Å². The first kappa shape index (κ1) is 14.5. The lowest BCUT2D eigenvalue weighted by atomic mass is 9.78. The molecule has 4 heteroatoms. The second kappa shape index (κ2) is 5.09.